The van der Waals surface area contributed by atoms with Crippen molar-refractivity contribution in [2.45, 2.75) is 78.7 Å². The Labute approximate surface area is 184 Å². The summed E-state index contributed by atoms with van der Waals surface area (Å²) >= 11 is 0. The molecule has 0 aromatic heterocycles. The van der Waals surface area contributed by atoms with Crippen molar-refractivity contribution in [2.75, 3.05) is 0 Å². The van der Waals surface area contributed by atoms with E-state index in [1.807, 2.05) is 0 Å². The summed E-state index contributed by atoms with van der Waals surface area (Å²) in [5, 5.41) is 9.36. The topological polar surface area (TPSA) is 107 Å². The molecule has 1 saturated heterocycles. The number of cyclic esters (lactones) is 2. The number of fused-ring (bicyclic) bond motifs is 3. The Hall–Kier alpha value is -1.92. The average Bonchev–Trinajstić information content (AvgIpc) is 2.93. The fourth-order valence-corrected chi connectivity index (χ4v) is 6.15. The third kappa shape index (κ3) is 5.12. The monoisotopic (exact) mass is 436 g/mol. The molecule has 2 bridgehead atoms. The van der Waals surface area contributed by atoms with E-state index in [1.165, 1.54) is 19.8 Å². The number of ether oxygens (including phenoxy) is 2. The number of rotatable bonds is 7. The minimum atomic E-state index is -1.01. The molecule has 1 aliphatic heterocycles. The number of carboxylic acid groups (broad SMARTS) is 1. The number of carboxylic acids is 1. The summed E-state index contributed by atoms with van der Waals surface area (Å²) in [5.41, 5.74) is -0.732. The maximum absolute atomic E-state index is 12.9. The summed E-state index contributed by atoms with van der Waals surface area (Å²) in [6, 6.07) is 0. The van der Waals surface area contributed by atoms with Gasteiger partial charge in [0.2, 0.25) is 0 Å². The van der Waals surface area contributed by atoms with Gasteiger partial charge in [-0.15, -0.1) is 0 Å². The van der Waals surface area contributed by atoms with Crippen molar-refractivity contribution in [1.29, 1.82) is 0 Å². The highest BCUT2D eigenvalue weighted by Crippen LogP contribution is 2.54. The molecule has 1 N–H and O–H groups in total. The smallest absolute Gasteiger partial charge is 0.317 e. The summed E-state index contributed by atoms with van der Waals surface area (Å²) in [4.78, 5) is 49.8. The van der Waals surface area contributed by atoms with Gasteiger partial charge in [0.1, 0.15) is 5.60 Å². The van der Waals surface area contributed by atoms with Crippen molar-refractivity contribution in [2.24, 2.45) is 47.3 Å². The predicted molar refractivity (Wildman–Crippen MR) is 112 cm³/mol. The van der Waals surface area contributed by atoms with Gasteiger partial charge in [0, 0.05) is 0 Å². The Morgan fingerprint density at radius 3 is 2.19 bits per heavy atom. The minimum absolute atomic E-state index is 0.0568. The number of hydrogen-bond acceptors (Lipinski definition) is 6. The molecule has 174 valence electrons. The van der Waals surface area contributed by atoms with E-state index < -0.39 is 53.1 Å². The molecule has 4 fully saturated rings. The number of hydrogen-bond donors (Lipinski definition) is 1. The number of aliphatic carboxylic acids is 1. The van der Waals surface area contributed by atoms with E-state index in [9.17, 15) is 24.3 Å². The molecule has 3 saturated carbocycles. The molecule has 0 aromatic rings. The summed E-state index contributed by atoms with van der Waals surface area (Å²) in [6.07, 6.45) is 4.61. The normalized spacial score (nSPS) is 34.9. The molecule has 1 heterocycles. The van der Waals surface area contributed by atoms with Gasteiger partial charge in [-0.2, -0.15) is 0 Å². The van der Waals surface area contributed by atoms with Crippen LogP contribution in [0.2, 0.25) is 0 Å². The first-order chi connectivity index (χ1) is 14.4. The largest absolute Gasteiger partial charge is 0.481 e. The van der Waals surface area contributed by atoms with E-state index >= 15 is 0 Å². The van der Waals surface area contributed by atoms with Gasteiger partial charge >= 0.3 is 23.9 Å². The predicted octanol–water partition coefficient (Wildman–Crippen LogP) is 3.83. The van der Waals surface area contributed by atoms with Crippen LogP contribution in [0.25, 0.3) is 0 Å². The lowest BCUT2D eigenvalue weighted by Crippen LogP contribution is -2.46. The molecule has 0 spiro atoms. The first-order valence-corrected chi connectivity index (χ1v) is 11.6. The second-order valence-electron chi connectivity index (χ2n) is 10.9. The van der Waals surface area contributed by atoms with Crippen LogP contribution in [0.15, 0.2) is 0 Å². The van der Waals surface area contributed by atoms with Gasteiger partial charge in [-0.1, -0.05) is 13.8 Å². The first-order valence-electron chi connectivity index (χ1n) is 11.6. The van der Waals surface area contributed by atoms with Gasteiger partial charge < -0.3 is 14.6 Å². The molecular weight excluding hydrogens is 400 g/mol. The number of esters is 3. The van der Waals surface area contributed by atoms with Crippen LogP contribution in [0.4, 0.5) is 0 Å². The van der Waals surface area contributed by atoms with Crippen LogP contribution in [0.1, 0.15) is 73.1 Å². The van der Waals surface area contributed by atoms with Crippen LogP contribution in [0.3, 0.4) is 0 Å². The molecule has 7 heteroatoms. The zero-order chi connectivity index (χ0) is 23.1. The molecule has 6 atom stereocenters. The van der Waals surface area contributed by atoms with E-state index in [2.05, 4.69) is 6.92 Å². The van der Waals surface area contributed by atoms with Crippen molar-refractivity contribution in [3.63, 3.8) is 0 Å². The highest BCUT2D eigenvalue weighted by atomic mass is 16.6. The second-order valence-corrected chi connectivity index (χ2v) is 10.9. The maximum atomic E-state index is 12.9. The van der Waals surface area contributed by atoms with E-state index in [0.29, 0.717) is 17.8 Å². The Kier molecular flexibility index (Phi) is 6.82. The quantitative estimate of drug-likeness (QED) is 0.477. The van der Waals surface area contributed by atoms with Crippen molar-refractivity contribution >= 4 is 23.9 Å². The molecule has 6 unspecified atom stereocenters. The van der Waals surface area contributed by atoms with Crippen molar-refractivity contribution in [3.8, 4) is 0 Å². The lowest BCUT2D eigenvalue weighted by Gasteiger charge is -2.49. The van der Waals surface area contributed by atoms with Crippen LogP contribution in [0, 0.1) is 47.3 Å². The standard InChI is InChI=1S/C24H36O7/c1-12(20(25)26)10-16(21(27)31-24(3,4)5)11-17-19(23(29)30-22(17)28)18-13(2)14-6-8-15(18)9-7-14/h12-19H,6-11H2,1-5H3,(H,25,26). The molecule has 0 aromatic carbocycles. The minimum Gasteiger partial charge on any atom is -0.481 e. The van der Waals surface area contributed by atoms with Gasteiger partial charge in [-0.3, -0.25) is 19.2 Å². The van der Waals surface area contributed by atoms with Gasteiger partial charge in [-0.25, -0.2) is 0 Å². The average molecular weight is 437 g/mol. The van der Waals surface area contributed by atoms with Crippen molar-refractivity contribution in [3.05, 3.63) is 0 Å². The van der Waals surface area contributed by atoms with E-state index in [4.69, 9.17) is 9.47 Å². The molecule has 4 aliphatic rings. The summed E-state index contributed by atoms with van der Waals surface area (Å²) in [5.74, 6) is -4.06. The van der Waals surface area contributed by atoms with Crippen molar-refractivity contribution < 1.29 is 33.8 Å². The number of carbonyl (C=O) groups excluding carboxylic acids is 3. The SMILES string of the molecule is CC(CC(CC1C(=O)OC(=O)C1C1C2CCC(CC2)C1C)C(=O)OC(C)(C)C)C(=O)O. The van der Waals surface area contributed by atoms with Crippen LogP contribution in [0.5, 0.6) is 0 Å². The maximum Gasteiger partial charge on any atom is 0.317 e. The lowest BCUT2D eigenvalue weighted by molar-refractivity contribution is -0.162. The molecule has 31 heavy (non-hydrogen) atoms. The lowest BCUT2D eigenvalue weighted by atomic mass is 9.54. The van der Waals surface area contributed by atoms with E-state index in [1.54, 1.807) is 20.8 Å². The Balaban J connectivity index is 1.85. The molecule has 4 rings (SSSR count). The Morgan fingerprint density at radius 1 is 1.10 bits per heavy atom. The molecule has 0 amide bonds. The van der Waals surface area contributed by atoms with E-state index in [-0.39, 0.29) is 18.8 Å². The molecular formula is C24H36O7. The second kappa shape index (κ2) is 8.91. The Bertz CT molecular complexity index is 727. The van der Waals surface area contributed by atoms with Crippen LogP contribution in [-0.4, -0.2) is 34.6 Å². The summed E-state index contributed by atoms with van der Waals surface area (Å²) < 4.78 is 10.6. The highest BCUT2D eigenvalue weighted by Gasteiger charge is 2.56. The third-order valence-corrected chi connectivity index (χ3v) is 7.67. The van der Waals surface area contributed by atoms with Crippen LogP contribution < -0.4 is 0 Å². The third-order valence-electron chi connectivity index (χ3n) is 7.67. The van der Waals surface area contributed by atoms with Crippen molar-refractivity contribution in [1.82, 2.24) is 0 Å². The highest BCUT2D eigenvalue weighted by molar-refractivity contribution is 5.97. The Morgan fingerprint density at radius 2 is 1.68 bits per heavy atom. The van der Waals surface area contributed by atoms with E-state index in [0.717, 1.165) is 12.8 Å². The zero-order valence-corrected chi connectivity index (χ0v) is 19.3. The van der Waals surface area contributed by atoms with Gasteiger partial charge in [-0.05, 0) is 83.0 Å². The van der Waals surface area contributed by atoms with Crippen LogP contribution >= 0.6 is 0 Å². The van der Waals surface area contributed by atoms with Gasteiger partial charge in [0.15, 0.2) is 0 Å². The zero-order valence-electron chi connectivity index (χ0n) is 19.3. The fraction of sp³-hybridized carbons (Fsp3) is 0.833. The van der Waals surface area contributed by atoms with Gasteiger partial charge in [0.25, 0.3) is 0 Å². The fourth-order valence-electron chi connectivity index (χ4n) is 6.15. The van der Waals surface area contributed by atoms with Crippen LogP contribution in [-0.2, 0) is 28.7 Å². The summed E-state index contributed by atoms with van der Waals surface area (Å²) in [6.45, 7) is 8.96. The first kappa shape index (κ1) is 23.7. The molecule has 3 aliphatic carbocycles. The summed E-state index contributed by atoms with van der Waals surface area (Å²) in [7, 11) is 0. The number of carbonyl (C=O) groups is 4. The van der Waals surface area contributed by atoms with Gasteiger partial charge in [0.05, 0.1) is 23.7 Å². The molecule has 0 radical (unpaired) electrons. The molecule has 7 nitrogen and oxygen atoms in total.